The maximum atomic E-state index is 13.0. The molecular weight excluding hydrogens is 527 g/mol. The summed E-state index contributed by atoms with van der Waals surface area (Å²) in [6, 6.07) is 6.11. The molecule has 0 unspecified atom stereocenters. The quantitative estimate of drug-likeness (QED) is 0.264. The van der Waals surface area contributed by atoms with Gasteiger partial charge in [-0.1, -0.05) is 12.1 Å². The number of nitrogens with zero attached hydrogens (tertiary/aromatic N) is 3. The Morgan fingerprint density at radius 2 is 1.79 bits per heavy atom. The Labute approximate surface area is 185 Å². The third kappa shape index (κ3) is 6.95. The number of alkyl halides is 3. The zero-order chi connectivity index (χ0) is 20.9. The number of aliphatic imine (C=N–C) groups is 1. The second-order valence-corrected chi connectivity index (χ2v) is 8.63. The molecule has 6 nitrogen and oxygen atoms in total. The van der Waals surface area contributed by atoms with Crippen molar-refractivity contribution in [3.8, 4) is 0 Å². The van der Waals surface area contributed by atoms with E-state index in [1.165, 1.54) is 12.1 Å². The van der Waals surface area contributed by atoms with Gasteiger partial charge >= 0.3 is 15.5 Å². The summed E-state index contributed by atoms with van der Waals surface area (Å²) in [5.41, 5.74) is -4.36. The SMILES string of the molecule is CN=C(NCC1CCN(S(=O)(=O)C(F)(F)F)CC1)N(C)Cc1ccc(F)cc1.I. The molecule has 1 aliphatic rings. The highest BCUT2D eigenvalue weighted by Gasteiger charge is 2.50. The summed E-state index contributed by atoms with van der Waals surface area (Å²) >= 11 is 0. The molecule has 2 rings (SSSR count). The minimum absolute atomic E-state index is 0. The fourth-order valence-electron chi connectivity index (χ4n) is 3.06. The van der Waals surface area contributed by atoms with Crippen LogP contribution in [-0.2, 0) is 16.6 Å². The van der Waals surface area contributed by atoms with Crippen LogP contribution in [0.25, 0.3) is 0 Å². The van der Waals surface area contributed by atoms with Crippen LogP contribution in [-0.4, -0.2) is 62.8 Å². The van der Waals surface area contributed by atoms with E-state index in [4.69, 9.17) is 0 Å². The van der Waals surface area contributed by atoms with Crippen molar-refractivity contribution in [3.05, 3.63) is 35.6 Å². The Morgan fingerprint density at radius 3 is 2.28 bits per heavy atom. The first-order valence-corrected chi connectivity index (χ1v) is 10.2. The van der Waals surface area contributed by atoms with Gasteiger partial charge < -0.3 is 10.2 Å². The van der Waals surface area contributed by atoms with Gasteiger partial charge in [-0.3, -0.25) is 4.99 Å². The molecule has 0 aliphatic carbocycles. The van der Waals surface area contributed by atoms with Gasteiger partial charge in [-0.25, -0.2) is 12.8 Å². The van der Waals surface area contributed by atoms with Crippen molar-refractivity contribution in [3.63, 3.8) is 0 Å². The summed E-state index contributed by atoms with van der Waals surface area (Å²) in [5.74, 6) is 0.318. The van der Waals surface area contributed by atoms with Crippen LogP contribution in [0.3, 0.4) is 0 Å². The number of rotatable bonds is 5. The van der Waals surface area contributed by atoms with Crippen molar-refractivity contribution in [2.24, 2.45) is 10.9 Å². The highest BCUT2D eigenvalue weighted by molar-refractivity contribution is 14.0. The first-order valence-electron chi connectivity index (χ1n) is 8.77. The van der Waals surface area contributed by atoms with Crippen LogP contribution in [0.2, 0.25) is 0 Å². The van der Waals surface area contributed by atoms with Gasteiger partial charge in [-0.05, 0) is 36.5 Å². The Balaban J connectivity index is 0.00000420. The van der Waals surface area contributed by atoms with Gasteiger partial charge in [0.2, 0.25) is 0 Å². The lowest BCUT2D eigenvalue weighted by molar-refractivity contribution is -0.0496. The van der Waals surface area contributed by atoms with E-state index in [1.807, 2.05) is 11.9 Å². The van der Waals surface area contributed by atoms with Crippen molar-refractivity contribution in [1.29, 1.82) is 0 Å². The van der Waals surface area contributed by atoms with E-state index < -0.39 is 15.5 Å². The lowest BCUT2D eigenvalue weighted by Crippen LogP contribution is -2.47. The van der Waals surface area contributed by atoms with E-state index in [0.29, 0.717) is 36.2 Å². The first-order chi connectivity index (χ1) is 13.0. The molecule has 0 radical (unpaired) electrons. The van der Waals surface area contributed by atoms with Crippen molar-refractivity contribution < 1.29 is 26.0 Å². The van der Waals surface area contributed by atoms with Crippen molar-refractivity contribution in [2.75, 3.05) is 33.7 Å². The highest BCUT2D eigenvalue weighted by atomic mass is 127. The minimum atomic E-state index is -5.26. The molecule has 1 aromatic rings. The zero-order valence-electron chi connectivity index (χ0n) is 16.1. The first kappa shape index (κ1) is 25.9. The van der Waals surface area contributed by atoms with Crippen molar-refractivity contribution in [2.45, 2.75) is 24.9 Å². The highest BCUT2D eigenvalue weighted by Crippen LogP contribution is 2.30. The van der Waals surface area contributed by atoms with Crippen molar-refractivity contribution >= 4 is 40.0 Å². The summed E-state index contributed by atoms with van der Waals surface area (Å²) in [4.78, 5) is 6.02. The Bertz CT molecular complexity index is 780. The van der Waals surface area contributed by atoms with Gasteiger partial charge in [0.05, 0.1) is 0 Å². The number of sulfonamides is 1. The fourth-order valence-corrected chi connectivity index (χ4v) is 4.04. The monoisotopic (exact) mass is 552 g/mol. The van der Waals surface area contributed by atoms with Crippen LogP contribution in [0, 0.1) is 11.7 Å². The van der Waals surface area contributed by atoms with Gasteiger partial charge in [-0.15, -0.1) is 24.0 Å². The van der Waals surface area contributed by atoms with Gasteiger partial charge in [0.1, 0.15) is 5.82 Å². The number of nitrogens with one attached hydrogen (secondary N) is 1. The number of guanidine groups is 1. The molecule has 0 amide bonds. The summed E-state index contributed by atoms with van der Waals surface area (Å²) in [6.45, 7) is 0.666. The third-order valence-corrected chi connectivity index (χ3v) is 6.29. The summed E-state index contributed by atoms with van der Waals surface area (Å²) in [7, 11) is -1.83. The predicted octanol–water partition coefficient (Wildman–Crippen LogP) is 3.01. The smallest absolute Gasteiger partial charge is 0.356 e. The van der Waals surface area contributed by atoms with Crippen LogP contribution in [0.4, 0.5) is 17.6 Å². The number of hydrogen-bond donors (Lipinski definition) is 1. The van der Waals surface area contributed by atoms with Crippen LogP contribution in [0.1, 0.15) is 18.4 Å². The maximum absolute atomic E-state index is 13.0. The van der Waals surface area contributed by atoms with E-state index in [9.17, 15) is 26.0 Å². The van der Waals surface area contributed by atoms with Crippen LogP contribution in [0.15, 0.2) is 29.3 Å². The molecule has 1 N–H and O–H groups in total. The molecule has 0 aromatic heterocycles. The van der Waals surface area contributed by atoms with E-state index in [2.05, 4.69) is 10.3 Å². The molecule has 0 atom stereocenters. The molecule has 1 saturated heterocycles. The third-order valence-electron chi connectivity index (χ3n) is 4.66. The van der Waals surface area contributed by atoms with Crippen LogP contribution in [0.5, 0.6) is 0 Å². The fraction of sp³-hybridized carbons (Fsp3) is 0.588. The van der Waals surface area contributed by atoms with Gasteiger partial charge in [-0.2, -0.15) is 17.5 Å². The molecule has 12 heteroatoms. The largest absolute Gasteiger partial charge is 0.511 e. The average molecular weight is 552 g/mol. The lowest BCUT2D eigenvalue weighted by atomic mass is 9.98. The van der Waals surface area contributed by atoms with Gasteiger partial charge in [0, 0.05) is 40.3 Å². The van der Waals surface area contributed by atoms with E-state index in [1.54, 1.807) is 19.2 Å². The predicted molar refractivity (Wildman–Crippen MR) is 114 cm³/mol. The second kappa shape index (κ2) is 10.8. The molecular formula is C17H25F4IN4O2S. The topological polar surface area (TPSA) is 65.0 Å². The second-order valence-electron chi connectivity index (χ2n) is 6.70. The summed E-state index contributed by atoms with van der Waals surface area (Å²) in [6.07, 6.45) is 0.669. The Hall–Kier alpha value is -1.15. The molecule has 0 spiro atoms. The van der Waals surface area contributed by atoms with Crippen molar-refractivity contribution in [1.82, 2.24) is 14.5 Å². The van der Waals surface area contributed by atoms with E-state index in [0.717, 1.165) is 5.56 Å². The number of hydrogen-bond acceptors (Lipinski definition) is 3. The molecule has 1 heterocycles. The summed E-state index contributed by atoms with van der Waals surface area (Å²) in [5, 5.41) is 3.17. The molecule has 0 saturated carbocycles. The average Bonchev–Trinajstić information content (AvgIpc) is 2.63. The maximum Gasteiger partial charge on any atom is 0.511 e. The summed E-state index contributed by atoms with van der Waals surface area (Å²) < 4.78 is 74.2. The molecule has 166 valence electrons. The van der Waals surface area contributed by atoms with Gasteiger partial charge in [0.25, 0.3) is 0 Å². The van der Waals surface area contributed by atoms with E-state index in [-0.39, 0.29) is 48.8 Å². The molecule has 1 aromatic carbocycles. The molecule has 0 bridgehead atoms. The standard InChI is InChI=1S/C17H24F4N4O2S.HI/c1-22-16(24(2)12-14-3-5-15(18)6-4-14)23-11-13-7-9-25(10-8-13)28(26,27)17(19,20)21;/h3-6,13H,7-12H2,1-2H3,(H,22,23);1H. The Kier molecular flexibility index (Phi) is 9.60. The Morgan fingerprint density at radius 1 is 1.24 bits per heavy atom. The lowest BCUT2D eigenvalue weighted by Gasteiger charge is -2.32. The molecule has 1 fully saturated rings. The number of benzene rings is 1. The normalized spacial score (nSPS) is 17.0. The number of halogens is 5. The minimum Gasteiger partial charge on any atom is -0.356 e. The molecule has 29 heavy (non-hydrogen) atoms. The zero-order valence-corrected chi connectivity index (χ0v) is 19.3. The molecule has 1 aliphatic heterocycles. The van der Waals surface area contributed by atoms with Crippen LogP contribution < -0.4 is 5.32 Å². The van der Waals surface area contributed by atoms with E-state index >= 15 is 0 Å². The van der Waals surface area contributed by atoms with Gasteiger partial charge in [0.15, 0.2) is 5.96 Å². The van der Waals surface area contributed by atoms with Crippen LogP contribution >= 0.6 is 24.0 Å². The number of piperidine rings is 1.